The van der Waals surface area contributed by atoms with Crippen LogP contribution in [0.5, 0.6) is 0 Å². The van der Waals surface area contributed by atoms with Crippen molar-refractivity contribution in [1.82, 2.24) is 14.8 Å². The third-order valence-corrected chi connectivity index (χ3v) is 2.79. The van der Waals surface area contributed by atoms with Crippen LogP contribution in [0.2, 0.25) is 0 Å². The van der Waals surface area contributed by atoms with E-state index in [1.807, 2.05) is 13.1 Å². The molecule has 2 heterocycles. The zero-order chi connectivity index (χ0) is 11.3. The van der Waals surface area contributed by atoms with Gasteiger partial charge in [0.25, 0.3) is 0 Å². The molecule has 1 aromatic carbocycles. The Hall–Kier alpha value is -2.10. The van der Waals surface area contributed by atoms with Gasteiger partial charge in [-0.15, -0.1) is 0 Å². The summed E-state index contributed by atoms with van der Waals surface area (Å²) in [5.74, 6) is 0.535. The molecule has 0 fully saturated rings. The highest BCUT2D eigenvalue weighted by molar-refractivity contribution is 5.96. The lowest BCUT2D eigenvalue weighted by molar-refractivity contribution is 0.792. The summed E-state index contributed by atoms with van der Waals surface area (Å²) in [6.45, 7) is 2.06. The van der Waals surface area contributed by atoms with Crippen molar-refractivity contribution in [3.8, 4) is 0 Å². The molecule has 3 aromatic rings. The number of nitrogens with two attached hydrogens (primary N) is 1. The lowest BCUT2D eigenvalue weighted by atomic mass is 10.1. The van der Waals surface area contributed by atoms with Gasteiger partial charge in [0.1, 0.15) is 0 Å². The average Bonchev–Trinajstić information content (AvgIpc) is 2.52. The Morgan fingerprint density at radius 3 is 2.88 bits per heavy atom. The number of nitrogen functional groups attached to an aromatic ring is 1. The van der Waals surface area contributed by atoms with E-state index < -0.39 is 0 Å². The summed E-state index contributed by atoms with van der Waals surface area (Å²) in [6.07, 6.45) is 0. The molecule has 2 aromatic heterocycles. The second-order valence-electron chi connectivity index (χ2n) is 4.06. The van der Waals surface area contributed by atoms with Crippen molar-refractivity contribution in [3.05, 3.63) is 29.8 Å². The normalized spacial score (nSPS) is 11.4. The summed E-state index contributed by atoms with van der Waals surface area (Å²) in [5, 5.41) is 6.18. The number of aromatic nitrogens is 3. The number of pyridine rings is 1. The second-order valence-corrected chi connectivity index (χ2v) is 4.06. The first-order chi connectivity index (χ1) is 7.65. The summed E-state index contributed by atoms with van der Waals surface area (Å²) in [4.78, 5) is 4.58. The fourth-order valence-corrected chi connectivity index (χ4v) is 1.96. The fourth-order valence-electron chi connectivity index (χ4n) is 1.96. The first kappa shape index (κ1) is 9.15. The van der Waals surface area contributed by atoms with E-state index in [9.17, 15) is 0 Å². The Morgan fingerprint density at radius 2 is 2.06 bits per heavy atom. The van der Waals surface area contributed by atoms with Crippen molar-refractivity contribution in [1.29, 1.82) is 0 Å². The molecule has 0 bridgehead atoms. The van der Waals surface area contributed by atoms with Gasteiger partial charge in [-0.3, -0.25) is 0 Å². The van der Waals surface area contributed by atoms with Crippen LogP contribution in [0.15, 0.2) is 24.3 Å². The molecule has 4 heteroatoms. The number of nitrogens with zero attached hydrogens (tertiary/aromatic N) is 3. The van der Waals surface area contributed by atoms with Gasteiger partial charge in [-0.1, -0.05) is 12.1 Å². The van der Waals surface area contributed by atoms with Gasteiger partial charge in [-0.05, 0) is 24.6 Å². The molecular formula is C12H12N4. The Morgan fingerprint density at radius 1 is 1.25 bits per heavy atom. The van der Waals surface area contributed by atoms with E-state index in [1.165, 1.54) is 5.56 Å². The van der Waals surface area contributed by atoms with E-state index in [4.69, 9.17) is 5.73 Å². The second kappa shape index (κ2) is 2.95. The monoisotopic (exact) mass is 212 g/mol. The van der Waals surface area contributed by atoms with Crippen LogP contribution in [0.25, 0.3) is 21.9 Å². The van der Waals surface area contributed by atoms with E-state index >= 15 is 0 Å². The average molecular weight is 212 g/mol. The molecule has 4 nitrogen and oxygen atoms in total. The number of hydrogen-bond acceptors (Lipinski definition) is 3. The number of hydrogen-bond donors (Lipinski definition) is 1. The van der Waals surface area contributed by atoms with Gasteiger partial charge >= 0.3 is 0 Å². The molecule has 80 valence electrons. The Bertz CT molecular complexity index is 697. The van der Waals surface area contributed by atoms with Crippen molar-refractivity contribution in [2.45, 2.75) is 6.92 Å². The third-order valence-electron chi connectivity index (χ3n) is 2.79. The maximum absolute atomic E-state index is 5.83. The molecule has 0 atom stereocenters. The van der Waals surface area contributed by atoms with Crippen LogP contribution < -0.4 is 5.73 Å². The molecule has 0 saturated heterocycles. The maximum atomic E-state index is 5.83. The number of anilines is 1. The molecular weight excluding hydrogens is 200 g/mol. The summed E-state index contributed by atoms with van der Waals surface area (Å²) >= 11 is 0. The molecule has 2 N–H and O–H groups in total. The van der Waals surface area contributed by atoms with Gasteiger partial charge in [0.15, 0.2) is 11.5 Å². The predicted molar refractivity (Wildman–Crippen MR) is 65.2 cm³/mol. The van der Waals surface area contributed by atoms with E-state index in [2.05, 4.69) is 35.2 Å². The largest absolute Gasteiger partial charge is 0.382 e. The SMILES string of the molecule is Cc1ccc2cc3c(N)nn(C)c3nc2c1. The minimum absolute atomic E-state index is 0.535. The van der Waals surface area contributed by atoms with Crippen molar-refractivity contribution < 1.29 is 0 Å². The van der Waals surface area contributed by atoms with Crippen LogP contribution in [-0.4, -0.2) is 14.8 Å². The quantitative estimate of drug-likeness (QED) is 0.620. The van der Waals surface area contributed by atoms with Gasteiger partial charge in [0.05, 0.1) is 10.9 Å². The Labute approximate surface area is 92.7 Å². The zero-order valence-corrected chi connectivity index (χ0v) is 9.23. The van der Waals surface area contributed by atoms with E-state index in [1.54, 1.807) is 4.68 Å². The summed E-state index contributed by atoms with van der Waals surface area (Å²) in [5.41, 5.74) is 8.84. The summed E-state index contributed by atoms with van der Waals surface area (Å²) in [7, 11) is 1.85. The standard InChI is InChI=1S/C12H12N4/c1-7-3-4-8-6-9-11(13)15-16(2)12(9)14-10(8)5-7/h3-6H,1-2H3,(H2,13,15). The molecule has 0 aliphatic rings. The number of aryl methyl sites for hydroxylation is 2. The highest BCUT2D eigenvalue weighted by Gasteiger charge is 2.08. The number of fused-ring (bicyclic) bond motifs is 2. The molecule has 0 amide bonds. The van der Waals surface area contributed by atoms with Gasteiger partial charge in [0, 0.05) is 12.4 Å². The molecule has 0 aliphatic carbocycles. The Kier molecular flexibility index (Phi) is 1.68. The smallest absolute Gasteiger partial charge is 0.160 e. The molecule has 0 radical (unpaired) electrons. The van der Waals surface area contributed by atoms with E-state index in [0.717, 1.165) is 21.9 Å². The highest BCUT2D eigenvalue weighted by Crippen LogP contribution is 2.23. The lowest BCUT2D eigenvalue weighted by Gasteiger charge is -2.00. The Balaban J connectivity index is 2.51. The topological polar surface area (TPSA) is 56.7 Å². The minimum Gasteiger partial charge on any atom is -0.382 e. The molecule has 0 saturated carbocycles. The lowest BCUT2D eigenvalue weighted by Crippen LogP contribution is -1.93. The molecule has 3 rings (SSSR count). The minimum atomic E-state index is 0.535. The van der Waals surface area contributed by atoms with Gasteiger partial charge < -0.3 is 5.73 Å². The van der Waals surface area contributed by atoms with Crippen molar-refractivity contribution in [2.75, 3.05) is 5.73 Å². The molecule has 0 unspecified atom stereocenters. The van der Waals surface area contributed by atoms with Crippen LogP contribution in [0.4, 0.5) is 5.82 Å². The number of benzene rings is 1. The van der Waals surface area contributed by atoms with Crippen LogP contribution in [0, 0.1) is 6.92 Å². The number of rotatable bonds is 0. The predicted octanol–water partition coefficient (Wildman–Crippen LogP) is 2.01. The van der Waals surface area contributed by atoms with Gasteiger partial charge in [-0.2, -0.15) is 5.10 Å². The molecule has 16 heavy (non-hydrogen) atoms. The summed E-state index contributed by atoms with van der Waals surface area (Å²) in [6, 6.07) is 8.24. The van der Waals surface area contributed by atoms with E-state index in [-0.39, 0.29) is 0 Å². The van der Waals surface area contributed by atoms with Crippen LogP contribution >= 0.6 is 0 Å². The first-order valence-electron chi connectivity index (χ1n) is 5.15. The highest BCUT2D eigenvalue weighted by atomic mass is 15.3. The van der Waals surface area contributed by atoms with Crippen molar-refractivity contribution in [3.63, 3.8) is 0 Å². The fraction of sp³-hybridized carbons (Fsp3) is 0.167. The zero-order valence-electron chi connectivity index (χ0n) is 9.23. The summed E-state index contributed by atoms with van der Waals surface area (Å²) < 4.78 is 1.71. The first-order valence-corrected chi connectivity index (χ1v) is 5.15. The van der Waals surface area contributed by atoms with E-state index in [0.29, 0.717) is 5.82 Å². The molecule has 0 spiro atoms. The maximum Gasteiger partial charge on any atom is 0.160 e. The van der Waals surface area contributed by atoms with Crippen molar-refractivity contribution in [2.24, 2.45) is 7.05 Å². The van der Waals surface area contributed by atoms with Gasteiger partial charge in [-0.25, -0.2) is 9.67 Å². The van der Waals surface area contributed by atoms with Gasteiger partial charge in [0.2, 0.25) is 0 Å². The molecule has 0 aliphatic heterocycles. The van der Waals surface area contributed by atoms with Crippen LogP contribution in [0.3, 0.4) is 0 Å². The van der Waals surface area contributed by atoms with Crippen LogP contribution in [0.1, 0.15) is 5.56 Å². The van der Waals surface area contributed by atoms with Crippen molar-refractivity contribution >= 4 is 27.8 Å². The third kappa shape index (κ3) is 1.16. The van der Waals surface area contributed by atoms with Crippen LogP contribution in [-0.2, 0) is 7.05 Å².